The number of rotatable bonds is 4. The lowest BCUT2D eigenvalue weighted by atomic mass is 10.2. The fourth-order valence-electron chi connectivity index (χ4n) is 1.65. The van der Waals surface area contributed by atoms with Gasteiger partial charge >= 0.3 is 0 Å². The topological polar surface area (TPSA) is 72.2 Å². The number of thiophene rings is 1. The van der Waals surface area contributed by atoms with Crippen LogP contribution < -0.4 is 11.1 Å². The van der Waals surface area contributed by atoms with Gasteiger partial charge in [0.15, 0.2) is 0 Å². The van der Waals surface area contributed by atoms with Crippen LogP contribution in [0.25, 0.3) is 10.4 Å². The predicted molar refractivity (Wildman–Crippen MR) is 77.2 cm³/mol. The van der Waals surface area contributed by atoms with Crippen molar-refractivity contribution >= 4 is 28.8 Å². The molecule has 1 aromatic heterocycles. The van der Waals surface area contributed by atoms with Crippen LogP contribution in [0.15, 0.2) is 36.4 Å². The molecule has 1 heterocycles. The molecule has 0 bridgehead atoms. The van der Waals surface area contributed by atoms with Crippen molar-refractivity contribution in [1.29, 1.82) is 0 Å². The number of anilines is 1. The first-order valence-corrected chi connectivity index (χ1v) is 6.72. The third-order valence-corrected chi connectivity index (χ3v) is 3.81. The molecule has 0 spiro atoms. The van der Waals surface area contributed by atoms with Gasteiger partial charge in [0.25, 0.3) is 5.91 Å². The Morgan fingerprint density at radius 3 is 2.53 bits per heavy atom. The Labute approximate surface area is 115 Å². The van der Waals surface area contributed by atoms with Crippen LogP contribution >= 0.6 is 11.3 Å². The van der Waals surface area contributed by atoms with Crippen molar-refractivity contribution < 1.29 is 9.59 Å². The molecule has 1 aromatic carbocycles. The maximum absolute atomic E-state index is 11.4. The second-order valence-corrected chi connectivity index (χ2v) is 5.04. The van der Waals surface area contributed by atoms with Crippen LogP contribution in [0.5, 0.6) is 0 Å². The first kappa shape index (κ1) is 13.3. The summed E-state index contributed by atoms with van der Waals surface area (Å²) in [4.78, 5) is 24.1. The van der Waals surface area contributed by atoms with Gasteiger partial charge < -0.3 is 11.1 Å². The van der Waals surface area contributed by atoms with Crippen molar-refractivity contribution in [2.75, 3.05) is 5.32 Å². The van der Waals surface area contributed by atoms with E-state index in [2.05, 4.69) is 5.32 Å². The lowest BCUT2D eigenvalue weighted by Crippen LogP contribution is -2.15. The van der Waals surface area contributed by atoms with Crippen molar-refractivity contribution in [3.8, 4) is 10.4 Å². The molecule has 0 saturated carbocycles. The quantitative estimate of drug-likeness (QED) is 0.899. The van der Waals surface area contributed by atoms with Crippen molar-refractivity contribution in [3.63, 3.8) is 0 Å². The Hall–Kier alpha value is -2.14. The van der Waals surface area contributed by atoms with Crippen LogP contribution in [0.2, 0.25) is 0 Å². The summed E-state index contributed by atoms with van der Waals surface area (Å²) in [5.74, 6) is -0.668. The number of amides is 2. The van der Waals surface area contributed by atoms with Gasteiger partial charge in [-0.1, -0.05) is 37.3 Å². The first-order valence-electron chi connectivity index (χ1n) is 5.90. The van der Waals surface area contributed by atoms with E-state index in [1.807, 2.05) is 30.3 Å². The lowest BCUT2D eigenvalue weighted by molar-refractivity contribution is -0.115. The molecule has 0 aliphatic rings. The molecule has 5 heteroatoms. The molecule has 3 N–H and O–H groups in total. The second-order valence-electron chi connectivity index (χ2n) is 3.99. The summed E-state index contributed by atoms with van der Waals surface area (Å²) in [5, 5.41) is 2.70. The van der Waals surface area contributed by atoms with E-state index in [0.717, 1.165) is 10.4 Å². The average Bonchev–Trinajstić information content (AvgIpc) is 2.83. The number of hydrogen-bond donors (Lipinski definition) is 2. The normalized spacial score (nSPS) is 10.2. The zero-order valence-electron chi connectivity index (χ0n) is 10.5. The maximum Gasteiger partial charge on any atom is 0.260 e. The van der Waals surface area contributed by atoms with Gasteiger partial charge in [0.2, 0.25) is 5.91 Å². The van der Waals surface area contributed by atoms with Crippen LogP contribution in [-0.2, 0) is 4.79 Å². The molecule has 2 rings (SSSR count). The van der Waals surface area contributed by atoms with E-state index >= 15 is 0 Å². The smallest absolute Gasteiger partial charge is 0.260 e. The van der Waals surface area contributed by atoms with E-state index < -0.39 is 5.91 Å². The van der Waals surface area contributed by atoms with E-state index in [1.54, 1.807) is 13.0 Å². The fraction of sp³-hybridized carbons (Fsp3) is 0.143. The molecule has 0 saturated heterocycles. The molecule has 0 aliphatic carbocycles. The van der Waals surface area contributed by atoms with Crippen LogP contribution in [0, 0.1) is 0 Å². The molecular formula is C14H14N2O2S. The van der Waals surface area contributed by atoms with Crippen molar-refractivity contribution in [3.05, 3.63) is 41.3 Å². The van der Waals surface area contributed by atoms with E-state index in [-0.39, 0.29) is 5.91 Å². The Kier molecular flexibility index (Phi) is 3.97. The summed E-state index contributed by atoms with van der Waals surface area (Å²) in [6.07, 6.45) is 0.356. The highest BCUT2D eigenvalue weighted by atomic mass is 32.1. The minimum Gasteiger partial charge on any atom is -0.365 e. The minimum absolute atomic E-state index is 0.139. The van der Waals surface area contributed by atoms with Crippen molar-refractivity contribution in [1.82, 2.24) is 0 Å². The molecule has 2 aromatic rings. The van der Waals surface area contributed by atoms with Crippen LogP contribution in [0.1, 0.15) is 23.0 Å². The second kappa shape index (κ2) is 5.67. The molecule has 4 nitrogen and oxygen atoms in total. The molecule has 0 fully saturated rings. The van der Waals surface area contributed by atoms with Gasteiger partial charge in [-0.25, -0.2) is 0 Å². The van der Waals surface area contributed by atoms with Gasteiger partial charge in [-0.05, 0) is 11.6 Å². The number of primary amides is 1. The summed E-state index contributed by atoms with van der Waals surface area (Å²) in [6.45, 7) is 1.75. The highest BCUT2D eigenvalue weighted by Crippen LogP contribution is 2.34. The van der Waals surface area contributed by atoms with Crippen LogP contribution in [-0.4, -0.2) is 11.8 Å². The maximum atomic E-state index is 11.4. The zero-order valence-corrected chi connectivity index (χ0v) is 11.3. The third-order valence-electron chi connectivity index (χ3n) is 2.61. The van der Waals surface area contributed by atoms with Gasteiger partial charge in [-0.15, -0.1) is 11.3 Å². The summed E-state index contributed by atoms with van der Waals surface area (Å²) < 4.78 is 0. The highest BCUT2D eigenvalue weighted by molar-refractivity contribution is 7.18. The predicted octanol–water partition coefficient (Wildman–Crippen LogP) is 2.86. The van der Waals surface area contributed by atoms with Gasteiger partial charge in [0, 0.05) is 11.3 Å². The Morgan fingerprint density at radius 2 is 1.95 bits per heavy atom. The van der Waals surface area contributed by atoms with Gasteiger partial charge in [0.05, 0.1) is 5.69 Å². The molecule has 19 heavy (non-hydrogen) atoms. The number of carbonyl (C=O) groups is 2. The van der Waals surface area contributed by atoms with E-state index in [4.69, 9.17) is 5.73 Å². The molecule has 2 amide bonds. The van der Waals surface area contributed by atoms with E-state index in [9.17, 15) is 9.59 Å². The molecule has 0 unspecified atom stereocenters. The Morgan fingerprint density at radius 1 is 1.26 bits per heavy atom. The molecule has 0 radical (unpaired) electrons. The monoisotopic (exact) mass is 274 g/mol. The van der Waals surface area contributed by atoms with Gasteiger partial charge in [-0.2, -0.15) is 0 Å². The molecule has 0 atom stereocenters. The standard InChI is InChI=1S/C14H14N2O2S/c1-2-12(17)16-10-8-11(19-13(10)14(15)18)9-6-4-3-5-7-9/h3-8H,2H2,1H3,(H2,15,18)(H,16,17). The average molecular weight is 274 g/mol. The molecular weight excluding hydrogens is 260 g/mol. The molecule has 0 aliphatic heterocycles. The van der Waals surface area contributed by atoms with Gasteiger partial charge in [-0.3, -0.25) is 9.59 Å². The van der Waals surface area contributed by atoms with Crippen molar-refractivity contribution in [2.45, 2.75) is 13.3 Å². The van der Waals surface area contributed by atoms with E-state index in [0.29, 0.717) is 17.0 Å². The first-order chi connectivity index (χ1) is 9.11. The number of nitrogens with two attached hydrogens (primary N) is 1. The van der Waals surface area contributed by atoms with Crippen LogP contribution in [0.3, 0.4) is 0 Å². The van der Waals surface area contributed by atoms with Gasteiger partial charge in [0.1, 0.15) is 4.88 Å². The highest BCUT2D eigenvalue weighted by Gasteiger charge is 2.16. The Balaban J connectivity index is 2.41. The summed E-state index contributed by atoms with van der Waals surface area (Å²) in [5.41, 5.74) is 6.83. The SMILES string of the molecule is CCC(=O)Nc1cc(-c2ccccc2)sc1C(N)=O. The molecule has 98 valence electrons. The number of hydrogen-bond acceptors (Lipinski definition) is 3. The summed E-state index contributed by atoms with van der Waals surface area (Å²) >= 11 is 1.28. The van der Waals surface area contributed by atoms with Crippen molar-refractivity contribution in [2.24, 2.45) is 5.73 Å². The lowest BCUT2D eigenvalue weighted by Gasteiger charge is -2.01. The summed E-state index contributed by atoms with van der Waals surface area (Å²) in [6, 6.07) is 11.4. The Bertz CT molecular complexity index is 605. The third kappa shape index (κ3) is 3.00. The summed E-state index contributed by atoms with van der Waals surface area (Å²) in [7, 11) is 0. The number of nitrogens with one attached hydrogen (secondary N) is 1. The minimum atomic E-state index is -0.529. The van der Waals surface area contributed by atoms with Crippen LogP contribution in [0.4, 0.5) is 5.69 Å². The largest absolute Gasteiger partial charge is 0.365 e. The van der Waals surface area contributed by atoms with E-state index in [1.165, 1.54) is 11.3 Å². The number of benzene rings is 1. The fourth-order valence-corrected chi connectivity index (χ4v) is 2.62. The zero-order chi connectivity index (χ0) is 13.8. The number of carbonyl (C=O) groups excluding carboxylic acids is 2.